The molecule has 5 heteroatoms. The lowest BCUT2D eigenvalue weighted by atomic mass is 10.00. The minimum Gasteiger partial charge on any atom is -0.346 e. The summed E-state index contributed by atoms with van der Waals surface area (Å²) in [5.74, 6) is -0.422. The van der Waals surface area contributed by atoms with Gasteiger partial charge in [-0.15, -0.1) is 0 Å². The van der Waals surface area contributed by atoms with Crippen LogP contribution in [0.5, 0.6) is 0 Å². The van der Waals surface area contributed by atoms with Gasteiger partial charge < -0.3 is 16.0 Å². The summed E-state index contributed by atoms with van der Waals surface area (Å²) in [5, 5.41) is 2.45. The normalized spacial score (nSPS) is 11.0. The summed E-state index contributed by atoms with van der Waals surface area (Å²) in [6.07, 6.45) is 0.861. The second-order valence-corrected chi connectivity index (χ2v) is 4.10. The van der Waals surface area contributed by atoms with Crippen molar-refractivity contribution in [2.24, 2.45) is 5.73 Å². The van der Waals surface area contributed by atoms with Crippen molar-refractivity contribution in [2.45, 2.75) is 32.7 Å². The van der Waals surface area contributed by atoms with Crippen molar-refractivity contribution in [1.82, 2.24) is 10.2 Å². The molecule has 2 amide bonds. The monoisotopic (exact) mass is 215 g/mol. The maximum atomic E-state index is 11.6. The second-order valence-electron chi connectivity index (χ2n) is 4.10. The van der Waals surface area contributed by atoms with E-state index < -0.39 is 0 Å². The number of carbonyl (C=O) groups excluding carboxylic acids is 2. The minimum absolute atomic E-state index is 0.00988. The molecule has 0 aromatic carbocycles. The third kappa shape index (κ3) is 4.29. The molecule has 88 valence electrons. The van der Waals surface area contributed by atoms with E-state index in [-0.39, 0.29) is 30.4 Å². The molecule has 0 heterocycles. The Morgan fingerprint density at radius 1 is 1.40 bits per heavy atom. The summed E-state index contributed by atoms with van der Waals surface area (Å²) < 4.78 is 0. The van der Waals surface area contributed by atoms with Crippen LogP contribution >= 0.6 is 0 Å². The molecule has 0 bridgehead atoms. The zero-order valence-corrected chi connectivity index (χ0v) is 9.96. The third-order valence-corrected chi connectivity index (χ3v) is 2.77. The van der Waals surface area contributed by atoms with Gasteiger partial charge in [-0.1, -0.05) is 6.92 Å². The highest BCUT2D eigenvalue weighted by Crippen LogP contribution is 2.15. The van der Waals surface area contributed by atoms with Crippen molar-refractivity contribution in [3.63, 3.8) is 0 Å². The van der Waals surface area contributed by atoms with Gasteiger partial charge in [0.2, 0.25) is 11.8 Å². The van der Waals surface area contributed by atoms with E-state index in [0.29, 0.717) is 0 Å². The Labute approximate surface area is 91.0 Å². The van der Waals surface area contributed by atoms with Gasteiger partial charge in [0, 0.05) is 12.6 Å². The molecule has 0 rings (SSSR count). The first-order chi connectivity index (χ1) is 6.85. The van der Waals surface area contributed by atoms with Gasteiger partial charge in [0.05, 0.1) is 13.1 Å². The van der Waals surface area contributed by atoms with Crippen LogP contribution in [0.2, 0.25) is 0 Å². The van der Waals surface area contributed by atoms with E-state index >= 15 is 0 Å². The molecule has 0 aromatic rings. The summed E-state index contributed by atoms with van der Waals surface area (Å²) in [6, 6.07) is 0. The number of likely N-dealkylation sites (N-methyl/N-ethyl adjacent to an activating group) is 1. The van der Waals surface area contributed by atoms with Crippen LogP contribution in [0.25, 0.3) is 0 Å². The quantitative estimate of drug-likeness (QED) is 0.661. The summed E-state index contributed by atoms with van der Waals surface area (Å²) in [6.45, 7) is 5.90. The molecule has 0 aromatic heterocycles. The summed E-state index contributed by atoms with van der Waals surface area (Å²) in [4.78, 5) is 24.1. The first kappa shape index (κ1) is 13.9. The molecule has 0 unspecified atom stereocenters. The van der Waals surface area contributed by atoms with Gasteiger partial charge in [0.25, 0.3) is 0 Å². The Kier molecular flexibility index (Phi) is 5.28. The van der Waals surface area contributed by atoms with Crippen LogP contribution in [0, 0.1) is 0 Å². The Bertz CT molecular complexity index is 239. The van der Waals surface area contributed by atoms with E-state index in [2.05, 4.69) is 5.32 Å². The van der Waals surface area contributed by atoms with Crippen LogP contribution in [-0.4, -0.2) is 42.4 Å². The largest absolute Gasteiger partial charge is 0.346 e. The van der Waals surface area contributed by atoms with Gasteiger partial charge in [0.1, 0.15) is 0 Å². The molecule has 15 heavy (non-hydrogen) atoms. The number of hydrogen-bond acceptors (Lipinski definition) is 3. The van der Waals surface area contributed by atoms with E-state index in [1.54, 1.807) is 11.9 Å². The lowest BCUT2D eigenvalue weighted by Gasteiger charge is -2.34. The van der Waals surface area contributed by atoms with Crippen LogP contribution in [0.15, 0.2) is 0 Å². The van der Waals surface area contributed by atoms with Crippen molar-refractivity contribution in [3.8, 4) is 0 Å². The van der Waals surface area contributed by atoms with Crippen molar-refractivity contribution in [2.75, 3.05) is 20.1 Å². The zero-order chi connectivity index (χ0) is 12.1. The Morgan fingerprint density at radius 2 is 1.93 bits per heavy atom. The number of nitrogens with two attached hydrogens (primary N) is 1. The van der Waals surface area contributed by atoms with Gasteiger partial charge in [-0.25, -0.2) is 0 Å². The minimum atomic E-state index is -0.314. The predicted molar refractivity (Wildman–Crippen MR) is 59.2 cm³/mol. The molecule has 0 radical (unpaired) electrons. The molecule has 0 saturated heterocycles. The molecular formula is C10H21N3O2. The molecule has 0 fully saturated rings. The molecule has 0 saturated carbocycles. The third-order valence-electron chi connectivity index (χ3n) is 2.77. The van der Waals surface area contributed by atoms with E-state index in [4.69, 9.17) is 5.73 Å². The van der Waals surface area contributed by atoms with Crippen molar-refractivity contribution >= 4 is 11.8 Å². The Balaban J connectivity index is 4.16. The van der Waals surface area contributed by atoms with Gasteiger partial charge in [0.15, 0.2) is 0 Å². The number of rotatable bonds is 5. The molecule has 0 atom stereocenters. The Morgan fingerprint density at radius 3 is 2.33 bits per heavy atom. The standard InChI is InChI=1S/C10H21N3O2/c1-5-10(2,3)13(4)9(15)7-12-8(14)6-11/h5-7,11H2,1-4H3,(H,12,14). The fourth-order valence-electron chi connectivity index (χ4n) is 0.940. The van der Waals surface area contributed by atoms with E-state index in [1.807, 2.05) is 20.8 Å². The highest BCUT2D eigenvalue weighted by Gasteiger charge is 2.25. The van der Waals surface area contributed by atoms with Gasteiger partial charge in [-0.05, 0) is 20.3 Å². The molecule has 0 aliphatic heterocycles. The van der Waals surface area contributed by atoms with E-state index in [0.717, 1.165) is 6.42 Å². The average Bonchev–Trinajstić information content (AvgIpc) is 2.23. The first-order valence-electron chi connectivity index (χ1n) is 5.08. The van der Waals surface area contributed by atoms with Gasteiger partial charge in [-0.2, -0.15) is 0 Å². The van der Waals surface area contributed by atoms with Crippen LogP contribution < -0.4 is 11.1 Å². The van der Waals surface area contributed by atoms with E-state index in [1.165, 1.54) is 0 Å². The highest BCUT2D eigenvalue weighted by molar-refractivity contribution is 5.85. The topological polar surface area (TPSA) is 75.4 Å². The van der Waals surface area contributed by atoms with Gasteiger partial charge in [-0.3, -0.25) is 9.59 Å². The number of nitrogens with one attached hydrogen (secondary N) is 1. The maximum absolute atomic E-state index is 11.6. The molecule has 0 spiro atoms. The van der Waals surface area contributed by atoms with Crippen molar-refractivity contribution in [3.05, 3.63) is 0 Å². The Hall–Kier alpha value is -1.10. The van der Waals surface area contributed by atoms with Gasteiger partial charge >= 0.3 is 0 Å². The van der Waals surface area contributed by atoms with Crippen LogP contribution in [0.1, 0.15) is 27.2 Å². The number of hydrogen-bond donors (Lipinski definition) is 2. The second kappa shape index (κ2) is 5.70. The van der Waals surface area contributed by atoms with E-state index in [9.17, 15) is 9.59 Å². The average molecular weight is 215 g/mol. The van der Waals surface area contributed by atoms with Crippen molar-refractivity contribution in [1.29, 1.82) is 0 Å². The number of nitrogens with zero attached hydrogens (tertiary/aromatic N) is 1. The summed E-state index contributed by atoms with van der Waals surface area (Å²) in [5.41, 5.74) is 4.92. The molecule has 5 nitrogen and oxygen atoms in total. The number of amides is 2. The molecule has 0 aliphatic carbocycles. The lowest BCUT2D eigenvalue weighted by molar-refractivity contribution is -0.135. The summed E-state index contributed by atoms with van der Waals surface area (Å²) >= 11 is 0. The number of carbonyl (C=O) groups is 2. The lowest BCUT2D eigenvalue weighted by Crippen LogP contribution is -2.49. The maximum Gasteiger partial charge on any atom is 0.242 e. The molecule has 3 N–H and O–H groups in total. The smallest absolute Gasteiger partial charge is 0.242 e. The molecule has 0 aliphatic rings. The summed E-state index contributed by atoms with van der Waals surface area (Å²) in [7, 11) is 1.74. The van der Waals surface area contributed by atoms with Crippen LogP contribution in [0.3, 0.4) is 0 Å². The fourth-order valence-corrected chi connectivity index (χ4v) is 0.940. The fraction of sp³-hybridized carbons (Fsp3) is 0.800. The van der Waals surface area contributed by atoms with Crippen LogP contribution in [-0.2, 0) is 9.59 Å². The first-order valence-corrected chi connectivity index (χ1v) is 5.08. The SMILES string of the molecule is CCC(C)(C)N(C)C(=O)CNC(=O)CN. The van der Waals surface area contributed by atoms with Crippen LogP contribution in [0.4, 0.5) is 0 Å². The predicted octanol–water partition coefficient (Wildman–Crippen LogP) is -0.292. The zero-order valence-electron chi connectivity index (χ0n) is 9.96. The highest BCUT2D eigenvalue weighted by atomic mass is 16.2. The molecular weight excluding hydrogens is 194 g/mol. The van der Waals surface area contributed by atoms with Crippen molar-refractivity contribution < 1.29 is 9.59 Å².